The second-order valence-corrected chi connectivity index (χ2v) is 10.4. The standard InChI is InChI=1S/C38H22N4/c39-23-26-17-19-29(21-27(26)24-40)42-34-14-6-4-11-31(34)32-20-18-25(22-37(32)42)30-13-8-16-36-38(30)33-12-5-7-15-35(33)41(36)28-9-2-1-3-10-28/h1-22H. The molecule has 6 aromatic carbocycles. The summed E-state index contributed by atoms with van der Waals surface area (Å²) >= 11 is 0. The van der Waals surface area contributed by atoms with Crippen molar-refractivity contribution in [2.75, 3.05) is 0 Å². The number of rotatable bonds is 3. The van der Waals surface area contributed by atoms with Gasteiger partial charge in [0.1, 0.15) is 12.1 Å². The van der Waals surface area contributed by atoms with Crippen molar-refractivity contribution >= 4 is 43.6 Å². The molecule has 0 radical (unpaired) electrons. The van der Waals surface area contributed by atoms with Gasteiger partial charge in [-0.25, -0.2) is 0 Å². The number of fused-ring (bicyclic) bond motifs is 6. The average Bonchev–Trinajstić information content (AvgIpc) is 3.57. The fourth-order valence-corrected chi connectivity index (χ4v) is 6.39. The van der Waals surface area contributed by atoms with Crippen LogP contribution in [0, 0.1) is 22.7 Å². The normalized spacial score (nSPS) is 11.3. The van der Waals surface area contributed by atoms with Gasteiger partial charge in [0.2, 0.25) is 0 Å². The molecular weight excluding hydrogens is 512 g/mol. The predicted molar refractivity (Wildman–Crippen MR) is 170 cm³/mol. The molecular formula is C38H22N4. The molecule has 0 N–H and O–H groups in total. The first kappa shape index (κ1) is 23.8. The second-order valence-electron chi connectivity index (χ2n) is 10.4. The maximum Gasteiger partial charge on any atom is 0.101 e. The molecule has 0 amide bonds. The van der Waals surface area contributed by atoms with Crippen molar-refractivity contribution in [1.82, 2.24) is 9.13 Å². The number of nitrogens with zero attached hydrogens (tertiary/aromatic N) is 4. The van der Waals surface area contributed by atoms with Crippen LogP contribution in [0.4, 0.5) is 0 Å². The molecule has 4 heteroatoms. The summed E-state index contributed by atoms with van der Waals surface area (Å²) in [6.07, 6.45) is 0. The van der Waals surface area contributed by atoms with Crippen molar-refractivity contribution in [3.8, 4) is 34.6 Å². The minimum Gasteiger partial charge on any atom is -0.309 e. The zero-order chi connectivity index (χ0) is 28.2. The zero-order valence-corrected chi connectivity index (χ0v) is 22.5. The van der Waals surface area contributed by atoms with Crippen molar-refractivity contribution in [2.24, 2.45) is 0 Å². The largest absolute Gasteiger partial charge is 0.309 e. The molecule has 0 bridgehead atoms. The topological polar surface area (TPSA) is 57.4 Å². The van der Waals surface area contributed by atoms with E-state index in [1.807, 2.05) is 24.3 Å². The van der Waals surface area contributed by atoms with Crippen molar-refractivity contribution < 1.29 is 0 Å². The summed E-state index contributed by atoms with van der Waals surface area (Å²) in [5, 5.41) is 23.9. The molecule has 0 saturated heterocycles. The molecule has 42 heavy (non-hydrogen) atoms. The summed E-state index contributed by atoms with van der Waals surface area (Å²) in [7, 11) is 0. The fourth-order valence-electron chi connectivity index (χ4n) is 6.39. The van der Waals surface area contributed by atoms with Crippen molar-refractivity contribution in [3.63, 3.8) is 0 Å². The highest BCUT2D eigenvalue weighted by molar-refractivity contribution is 6.17. The number of hydrogen-bond acceptors (Lipinski definition) is 2. The van der Waals surface area contributed by atoms with Crippen molar-refractivity contribution in [3.05, 3.63) is 145 Å². The van der Waals surface area contributed by atoms with Gasteiger partial charge in [-0.1, -0.05) is 78.9 Å². The summed E-state index contributed by atoms with van der Waals surface area (Å²) in [5.74, 6) is 0. The summed E-state index contributed by atoms with van der Waals surface area (Å²) in [6.45, 7) is 0. The van der Waals surface area contributed by atoms with Gasteiger partial charge >= 0.3 is 0 Å². The lowest BCUT2D eigenvalue weighted by molar-refractivity contribution is 1.17. The van der Waals surface area contributed by atoms with E-state index in [-0.39, 0.29) is 0 Å². The number of para-hydroxylation sites is 3. The van der Waals surface area contributed by atoms with Crippen LogP contribution in [0.1, 0.15) is 11.1 Å². The lowest BCUT2D eigenvalue weighted by Gasteiger charge is -2.11. The molecule has 0 saturated carbocycles. The van der Waals surface area contributed by atoms with Gasteiger partial charge < -0.3 is 9.13 Å². The second kappa shape index (κ2) is 9.24. The van der Waals surface area contributed by atoms with E-state index in [2.05, 4.69) is 124 Å². The fraction of sp³-hybridized carbons (Fsp3) is 0. The summed E-state index contributed by atoms with van der Waals surface area (Å²) < 4.78 is 4.54. The first-order valence-corrected chi connectivity index (χ1v) is 13.8. The summed E-state index contributed by atoms with van der Waals surface area (Å²) in [4.78, 5) is 0. The van der Waals surface area contributed by atoms with Crippen LogP contribution in [-0.4, -0.2) is 9.13 Å². The van der Waals surface area contributed by atoms with E-state index >= 15 is 0 Å². The molecule has 0 unspecified atom stereocenters. The van der Waals surface area contributed by atoms with E-state index in [0.717, 1.165) is 49.8 Å². The van der Waals surface area contributed by atoms with Gasteiger partial charge in [-0.2, -0.15) is 10.5 Å². The van der Waals surface area contributed by atoms with Crippen LogP contribution in [-0.2, 0) is 0 Å². The Morgan fingerprint density at radius 1 is 0.429 bits per heavy atom. The Hall–Kier alpha value is -6.10. The van der Waals surface area contributed by atoms with Gasteiger partial charge in [0.25, 0.3) is 0 Å². The maximum absolute atomic E-state index is 9.75. The van der Waals surface area contributed by atoms with Crippen LogP contribution in [0.3, 0.4) is 0 Å². The maximum atomic E-state index is 9.75. The van der Waals surface area contributed by atoms with Crippen LogP contribution < -0.4 is 0 Å². The molecule has 8 rings (SSSR count). The minimum atomic E-state index is 0.371. The van der Waals surface area contributed by atoms with E-state index in [9.17, 15) is 10.5 Å². The van der Waals surface area contributed by atoms with Gasteiger partial charge in [-0.3, -0.25) is 0 Å². The van der Waals surface area contributed by atoms with E-state index in [0.29, 0.717) is 11.1 Å². The van der Waals surface area contributed by atoms with Crippen LogP contribution in [0.15, 0.2) is 133 Å². The van der Waals surface area contributed by atoms with Crippen molar-refractivity contribution in [1.29, 1.82) is 10.5 Å². The molecule has 4 nitrogen and oxygen atoms in total. The van der Waals surface area contributed by atoms with E-state index < -0.39 is 0 Å². The molecule has 194 valence electrons. The first-order chi connectivity index (χ1) is 20.8. The van der Waals surface area contributed by atoms with Crippen LogP contribution >= 0.6 is 0 Å². The van der Waals surface area contributed by atoms with E-state index in [4.69, 9.17) is 0 Å². The molecule has 0 aliphatic rings. The Morgan fingerprint density at radius 2 is 1.07 bits per heavy atom. The average molecular weight is 535 g/mol. The highest BCUT2D eigenvalue weighted by Gasteiger charge is 2.18. The molecule has 2 aromatic heterocycles. The lowest BCUT2D eigenvalue weighted by atomic mass is 9.98. The number of hydrogen-bond donors (Lipinski definition) is 0. The van der Waals surface area contributed by atoms with Crippen molar-refractivity contribution in [2.45, 2.75) is 0 Å². The molecule has 0 spiro atoms. The van der Waals surface area contributed by atoms with Crippen LogP contribution in [0.5, 0.6) is 0 Å². The third-order valence-corrected chi connectivity index (χ3v) is 8.20. The first-order valence-electron chi connectivity index (χ1n) is 13.8. The van der Waals surface area contributed by atoms with Gasteiger partial charge in [0.05, 0.1) is 33.2 Å². The monoisotopic (exact) mass is 534 g/mol. The molecule has 2 heterocycles. The quantitative estimate of drug-likeness (QED) is 0.227. The van der Waals surface area contributed by atoms with Gasteiger partial charge in [0, 0.05) is 32.9 Å². The molecule has 8 aromatic rings. The smallest absolute Gasteiger partial charge is 0.101 e. The Kier molecular flexibility index (Phi) is 5.22. The minimum absolute atomic E-state index is 0.371. The van der Waals surface area contributed by atoms with Gasteiger partial charge in [-0.15, -0.1) is 0 Å². The number of aromatic nitrogens is 2. The SMILES string of the molecule is N#Cc1ccc(-n2c3ccccc3c3ccc(-c4cccc5c4c4ccccc4n5-c4ccccc4)cc32)cc1C#N. The van der Waals surface area contributed by atoms with Gasteiger partial charge in [0.15, 0.2) is 0 Å². The summed E-state index contributed by atoms with van der Waals surface area (Å²) in [6, 6.07) is 50.4. The van der Waals surface area contributed by atoms with E-state index in [1.54, 1.807) is 6.07 Å². The third-order valence-electron chi connectivity index (χ3n) is 8.20. The van der Waals surface area contributed by atoms with Gasteiger partial charge in [-0.05, 0) is 65.7 Å². The van der Waals surface area contributed by atoms with Crippen LogP contribution in [0.25, 0.3) is 66.1 Å². The third kappa shape index (κ3) is 3.40. The Morgan fingerprint density at radius 3 is 1.86 bits per heavy atom. The molecule has 0 atom stereocenters. The Balaban J connectivity index is 1.44. The Labute approximate surface area is 242 Å². The molecule has 0 aliphatic heterocycles. The highest BCUT2D eigenvalue weighted by Crippen LogP contribution is 2.41. The Bertz CT molecular complexity index is 2430. The molecule has 0 fully saturated rings. The van der Waals surface area contributed by atoms with E-state index in [1.165, 1.54) is 16.3 Å². The highest BCUT2D eigenvalue weighted by atomic mass is 15.0. The molecule has 0 aliphatic carbocycles. The zero-order valence-electron chi connectivity index (χ0n) is 22.5. The number of benzene rings is 6. The summed E-state index contributed by atoms with van der Waals surface area (Å²) in [5.41, 5.74) is 9.44. The number of nitriles is 2. The lowest BCUT2D eigenvalue weighted by Crippen LogP contribution is -1.96. The predicted octanol–water partition coefficient (Wildman–Crippen LogP) is 9.29. The van der Waals surface area contributed by atoms with Crippen LogP contribution in [0.2, 0.25) is 0 Å².